The molecule has 1 saturated heterocycles. The molecule has 1 amide bonds. The molecule has 3 N–H and O–H groups in total. The fourth-order valence-electron chi connectivity index (χ4n) is 4.15. The number of nitrogens with one attached hydrogen (secondary N) is 2. The van der Waals surface area contributed by atoms with E-state index in [-0.39, 0.29) is 34.2 Å². The van der Waals surface area contributed by atoms with Gasteiger partial charge in [-0.05, 0) is 13.0 Å². The maximum Gasteiger partial charge on any atom is 0.303 e. The number of anilines is 1. The van der Waals surface area contributed by atoms with Crippen LogP contribution in [0.2, 0.25) is 0 Å². The Balaban J connectivity index is 2.10. The topological polar surface area (TPSA) is 178 Å². The molecule has 0 aromatic carbocycles. The van der Waals surface area contributed by atoms with Gasteiger partial charge in [0.25, 0.3) is 0 Å². The average Bonchev–Trinajstić information content (AvgIpc) is 3.32. The fourth-order valence-corrected chi connectivity index (χ4v) is 4.15. The van der Waals surface area contributed by atoms with Crippen molar-refractivity contribution in [2.75, 3.05) is 19.0 Å². The Kier molecular flexibility index (Phi) is 8.00. The van der Waals surface area contributed by atoms with Crippen molar-refractivity contribution in [3.05, 3.63) is 18.1 Å². The molecule has 13 heteroatoms. The normalized spacial score (nSPS) is 22.6. The van der Waals surface area contributed by atoms with Gasteiger partial charge in [-0.3, -0.25) is 14.4 Å². The summed E-state index contributed by atoms with van der Waals surface area (Å²) in [5, 5.41) is 25.5. The molecule has 1 fully saturated rings. The summed E-state index contributed by atoms with van der Waals surface area (Å²) in [4.78, 5) is 44.7. The van der Waals surface area contributed by atoms with E-state index in [1.807, 2.05) is 13.8 Å². The number of carbonyl (C=O) groups excluding carboxylic acids is 3. The summed E-state index contributed by atoms with van der Waals surface area (Å²) >= 11 is 0. The lowest BCUT2D eigenvalue weighted by Gasteiger charge is -2.23. The number of nitriles is 1. The molecule has 3 rings (SSSR count). The molecular weight excluding hydrogens is 460 g/mol. The minimum Gasteiger partial charge on any atom is -0.456 e. The van der Waals surface area contributed by atoms with Crippen molar-refractivity contribution in [3.8, 4) is 6.07 Å². The Morgan fingerprint density at radius 2 is 1.89 bits per heavy atom. The number of aromatic nitrogens is 3. The number of hydrogen-bond acceptors (Lipinski definition) is 11. The third-order valence-corrected chi connectivity index (χ3v) is 5.58. The van der Waals surface area contributed by atoms with Gasteiger partial charge in [0.05, 0.1) is 23.6 Å². The van der Waals surface area contributed by atoms with E-state index < -0.39 is 49.1 Å². The van der Waals surface area contributed by atoms with Crippen molar-refractivity contribution in [1.29, 1.82) is 5.26 Å². The molecule has 5 atom stereocenters. The molecule has 3 heterocycles. The first-order valence-electron chi connectivity index (χ1n) is 11.0. The molecule has 13 nitrogen and oxygen atoms in total. The van der Waals surface area contributed by atoms with E-state index in [9.17, 15) is 24.8 Å². The van der Waals surface area contributed by atoms with Crippen LogP contribution in [0, 0.1) is 17.2 Å². The summed E-state index contributed by atoms with van der Waals surface area (Å²) in [6.07, 6.45) is -1.71. The lowest BCUT2D eigenvalue weighted by molar-refractivity contribution is -0.165. The molecule has 1 aliphatic rings. The van der Waals surface area contributed by atoms with Gasteiger partial charge >= 0.3 is 11.9 Å². The van der Waals surface area contributed by atoms with Crippen LogP contribution in [-0.2, 0) is 28.6 Å². The number of carbonyl (C=O) groups is 3. The third-order valence-electron chi connectivity index (χ3n) is 5.58. The van der Waals surface area contributed by atoms with Crippen LogP contribution in [0.15, 0.2) is 12.5 Å². The standard InChI is InChI=1S/C22H28N6O7/c1-10(2)16(24-5)21(32)27-19-15-13(6-23)7-28(20(15)26-9-25-19)22-18(34-12(4)31)17(33-11(3)30)14(8-29)35-22/h7,9-10,14,16-18,22,24,29H,8H2,1-5H3,(H,25,26,27,32)/t14-,16?,17?,18+,22-/m1/s1. The maximum absolute atomic E-state index is 12.8. The predicted molar refractivity (Wildman–Crippen MR) is 121 cm³/mol. The highest BCUT2D eigenvalue weighted by Crippen LogP contribution is 2.37. The molecule has 35 heavy (non-hydrogen) atoms. The second kappa shape index (κ2) is 10.8. The Labute approximate surface area is 201 Å². The van der Waals surface area contributed by atoms with Crippen LogP contribution in [0.4, 0.5) is 5.82 Å². The first-order valence-corrected chi connectivity index (χ1v) is 11.0. The summed E-state index contributed by atoms with van der Waals surface area (Å²) in [5.41, 5.74) is 0.336. The van der Waals surface area contributed by atoms with Crippen LogP contribution >= 0.6 is 0 Å². The maximum atomic E-state index is 12.8. The highest BCUT2D eigenvalue weighted by Gasteiger charge is 2.50. The van der Waals surface area contributed by atoms with Crippen molar-refractivity contribution in [1.82, 2.24) is 19.9 Å². The number of aliphatic hydroxyl groups is 1. The number of hydrogen-bond donors (Lipinski definition) is 3. The van der Waals surface area contributed by atoms with Crippen LogP contribution in [-0.4, -0.2) is 75.5 Å². The van der Waals surface area contributed by atoms with E-state index in [4.69, 9.17) is 14.2 Å². The van der Waals surface area contributed by atoms with E-state index in [0.29, 0.717) is 0 Å². The zero-order valence-corrected chi connectivity index (χ0v) is 20.0. The minimum absolute atomic E-state index is 0.0117. The molecule has 0 radical (unpaired) electrons. The molecule has 0 spiro atoms. The molecule has 0 aliphatic carbocycles. The number of fused-ring (bicyclic) bond motifs is 1. The minimum atomic E-state index is -1.14. The molecular formula is C22H28N6O7. The van der Waals surface area contributed by atoms with Gasteiger partial charge in [0.15, 0.2) is 18.4 Å². The molecule has 1 aliphatic heterocycles. The first kappa shape index (κ1) is 26.0. The zero-order chi connectivity index (χ0) is 25.9. The van der Waals surface area contributed by atoms with Gasteiger partial charge in [0, 0.05) is 20.0 Å². The molecule has 0 bridgehead atoms. The van der Waals surface area contributed by atoms with E-state index in [2.05, 4.69) is 26.7 Å². The number of likely N-dealkylation sites (N-methyl/N-ethyl adjacent to an activating group) is 1. The largest absolute Gasteiger partial charge is 0.456 e. The SMILES string of the molecule is CNC(C(=O)Nc1ncnc2c1c(C#N)cn2[C@@H]1O[C@H](CO)C(OC(C)=O)[C@@H]1OC(C)=O)C(C)C. The lowest BCUT2D eigenvalue weighted by Crippen LogP contribution is -2.42. The van der Waals surface area contributed by atoms with Crippen molar-refractivity contribution >= 4 is 34.7 Å². The summed E-state index contributed by atoms with van der Waals surface area (Å²) in [5.74, 6) is -1.55. The van der Waals surface area contributed by atoms with Crippen LogP contribution in [0.25, 0.3) is 11.0 Å². The second-order valence-corrected chi connectivity index (χ2v) is 8.38. The van der Waals surface area contributed by atoms with Crippen LogP contribution in [0.3, 0.4) is 0 Å². The van der Waals surface area contributed by atoms with Gasteiger partial charge in [-0.2, -0.15) is 5.26 Å². The Bertz CT molecular complexity index is 1160. The monoisotopic (exact) mass is 488 g/mol. The van der Waals surface area contributed by atoms with Crippen LogP contribution < -0.4 is 10.6 Å². The van der Waals surface area contributed by atoms with Gasteiger partial charge in [0.1, 0.15) is 30.0 Å². The van der Waals surface area contributed by atoms with E-state index in [1.54, 1.807) is 7.05 Å². The average molecular weight is 489 g/mol. The van der Waals surface area contributed by atoms with Crippen molar-refractivity contribution < 1.29 is 33.7 Å². The lowest BCUT2D eigenvalue weighted by atomic mass is 10.0. The first-order chi connectivity index (χ1) is 16.6. The highest BCUT2D eigenvalue weighted by atomic mass is 16.6. The van der Waals surface area contributed by atoms with Crippen molar-refractivity contribution in [2.45, 2.75) is 58.3 Å². The summed E-state index contributed by atoms with van der Waals surface area (Å²) in [7, 11) is 1.67. The molecule has 0 saturated carbocycles. The van der Waals surface area contributed by atoms with Gasteiger partial charge in [-0.1, -0.05) is 13.8 Å². The van der Waals surface area contributed by atoms with Gasteiger partial charge in [-0.15, -0.1) is 0 Å². The molecule has 2 aromatic heterocycles. The zero-order valence-electron chi connectivity index (χ0n) is 20.0. The van der Waals surface area contributed by atoms with Crippen molar-refractivity contribution in [2.24, 2.45) is 5.92 Å². The van der Waals surface area contributed by atoms with Crippen LogP contribution in [0.1, 0.15) is 39.5 Å². The summed E-state index contributed by atoms with van der Waals surface area (Å²) < 4.78 is 18.0. The highest BCUT2D eigenvalue weighted by molar-refractivity contribution is 6.03. The summed E-state index contributed by atoms with van der Waals surface area (Å²) in [6, 6.07) is 1.55. The summed E-state index contributed by atoms with van der Waals surface area (Å²) in [6.45, 7) is 5.62. The third kappa shape index (κ3) is 5.24. The molecule has 188 valence electrons. The van der Waals surface area contributed by atoms with Gasteiger partial charge in [-0.25, -0.2) is 9.97 Å². The Morgan fingerprint density at radius 3 is 2.43 bits per heavy atom. The smallest absolute Gasteiger partial charge is 0.303 e. The van der Waals surface area contributed by atoms with Crippen molar-refractivity contribution in [3.63, 3.8) is 0 Å². The number of nitrogens with zero attached hydrogens (tertiary/aromatic N) is 4. The van der Waals surface area contributed by atoms with E-state index in [0.717, 1.165) is 0 Å². The number of aliphatic hydroxyl groups excluding tert-OH is 1. The molecule has 2 unspecified atom stereocenters. The Morgan fingerprint density at radius 1 is 1.23 bits per heavy atom. The quantitative estimate of drug-likeness (QED) is 0.433. The number of amides is 1. The number of ether oxygens (including phenoxy) is 3. The van der Waals surface area contributed by atoms with Crippen LogP contribution in [0.5, 0.6) is 0 Å². The Hall–Kier alpha value is -3.60. The van der Waals surface area contributed by atoms with Gasteiger partial charge in [0.2, 0.25) is 5.91 Å². The van der Waals surface area contributed by atoms with E-state index in [1.165, 1.54) is 30.9 Å². The number of esters is 2. The second-order valence-electron chi connectivity index (χ2n) is 8.38. The molecule has 2 aromatic rings. The number of rotatable bonds is 8. The van der Waals surface area contributed by atoms with E-state index >= 15 is 0 Å². The predicted octanol–water partition coefficient (Wildman–Crippen LogP) is 0.239. The fraction of sp³-hybridized carbons (Fsp3) is 0.545. The van der Waals surface area contributed by atoms with Gasteiger partial charge < -0.3 is 34.5 Å².